The number of sulfonamides is 1. The first kappa shape index (κ1) is 25.9. The molecule has 188 valence electrons. The van der Waals surface area contributed by atoms with E-state index in [-0.39, 0.29) is 16.3 Å². The second-order valence-electron chi connectivity index (χ2n) is 8.24. The number of nitrogens with one attached hydrogen (secondary N) is 2. The van der Waals surface area contributed by atoms with Gasteiger partial charge in [-0.15, -0.1) is 0 Å². The Labute approximate surface area is 205 Å². The number of hydrogen-bond acceptors (Lipinski definition) is 7. The van der Waals surface area contributed by atoms with Gasteiger partial charge in [-0.1, -0.05) is 13.0 Å². The number of aromatic nitrogens is 2. The first-order chi connectivity index (χ1) is 16.6. The molecular formula is C24H31N5O5S. The van der Waals surface area contributed by atoms with E-state index >= 15 is 0 Å². The van der Waals surface area contributed by atoms with Crippen molar-refractivity contribution in [2.45, 2.75) is 32.1 Å². The van der Waals surface area contributed by atoms with Crippen LogP contribution in [0.25, 0.3) is 0 Å². The number of carbonyl (C=O) groups excluding carboxylic acids is 1. The maximum atomic E-state index is 13.3. The van der Waals surface area contributed by atoms with Crippen LogP contribution in [0.15, 0.2) is 41.3 Å². The number of rotatable bonds is 11. The summed E-state index contributed by atoms with van der Waals surface area (Å²) in [6, 6.07) is 10.3. The second-order valence-corrected chi connectivity index (χ2v) is 9.86. The molecule has 1 heterocycles. The third-order valence-corrected chi connectivity index (χ3v) is 6.80. The topological polar surface area (TPSA) is 117 Å². The Morgan fingerprint density at radius 1 is 1.09 bits per heavy atom. The lowest BCUT2D eigenvalue weighted by Crippen LogP contribution is -2.21. The maximum Gasteiger partial charge on any atom is 0.265 e. The number of H-pyrrole nitrogens is 1. The van der Waals surface area contributed by atoms with Crippen LogP contribution in [-0.4, -0.2) is 52.8 Å². The quantitative estimate of drug-likeness (QED) is 0.381. The molecule has 11 heteroatoms. The molecule has 0 bridgehead atoms. The van der Waals surface area contributed by atoms with Gasteiger partial charge in [0.25, 0.3) is 10.0 Å². The normalized spacial score (nSPS) is 11.1. The average molecular weight is 502 g/mol. The van der Waals surface area contributed by atoms with Gasteiger partial charge in [0.05, 0.1) is 35.1 Å². The smallest absolute Gasteiger partial charge is 0.265 e. The van der Waals surface area contributed by atoms with E-state index in [2.05, 4.69) is 14.9 Å². The van der Waals surface area contributed by atoms with E-state index in [9.17, 15) is 13.2 Å². The fraction of sp³-hybridized carbons (Fsp3) is 0.333. The first-order valence-electron chi connectivity index (χ1n) is 11.1. The number of carbonyl (C=O) groups is 1. The minimum Gasteiger partial charge on any atom is -0.493 e. The van der Waals surface area contributed by atoms with Crippen LogP contribution in [0.1, 0.15) is 24.7 Å². The predicted molar refractivity (Wildman–Crippen MR) is 136 cm³/mol. The number of hydrogen-bond donors (Lipinski definition) is 2. The summed E-state index contributed by atoms with van der Waals surface area (Å²) in [5, 5.41) is 6.70. The molecule has 35 heavy (non-hydrogen) atoms. The van der Waals surface area contributed by atoms with E-state index < -0.39 is 10.0 Å². The highest BCUT2D eigenvalue weighted by Gasteiger charge is 2.25. The number of benzene rings is 2. The lowest BCUT2D eigenvalue weighted by Gasteiger charge is -2.25. The molecule has 0 spiro atoms. The number of aromatic amines is 1. The van der Waals surface area contributed by atoms with Crippen LogP contribution in [0, 0.1) is 13.8 Å². The Kier molecular flexibility index (Phi) is 7.90. The van der Waals surface area contributed by atoms with Crippen LogP contribution in [0.2, 0.25) is 0 Å². The van der Waals surface area contributed by atoms with Crippen molar-refractivity contribution >= 4 is 33.5 Å². The zero-order valence-corrected chi connectivity index (χ0v) is 21.6. The van der Waals surface area contributed by atoms with Crippen molar-refractivity contribution in [1.82, 2.24) is 10.2 Å². The molecule has 0 atom stereocenters. The molecule has 2 aromatic carbocycles. The lowest BCUT2D eigenvalue weighted by atomic mass is 10.2. The molecule has 1 amide bonds. The van der Waals surface area contributed by atoms with E-state index in [0.29, 0.717) is 47.3 Å². The molecule has 0 aliphatic heterocycles. The van der Waals surface area contributed by atoms with Gasteiger partial charge in [0.15, 0.2) is 5.75 Å². The van der Waals surface area contributed by atoms with E-state index in [1.54, 1.807) is 70.2 Å². The summed E-state index contributed by atoms with van der Waals surface area (Å²) >= 11 is 0. The fourth-order valence-electron chi connectivity index (χ4n) is 3.53. The summed E-state index contributed by atoms with van der Waals surface area (Å²) in [6.07, 6.45) is 1.53. The van der Waals surface area contributed by atoms with E-state index in [1.165, 1.54) is 4.90 Å². The summed E-state index contributed by atoms with van der Waals surface area (Å²) < 4.78 is 41.1. The predicted octanol–water partition coefficient (Wildman–Crippen LogP) is 4.07. The van der Waals surface area contributed by atoms with Crippen molar-refractivity contribution in [3.63, 3.8) is 0 Å². The molecule has 0 saturated heterocycles. The zero-order chi connectivity index (χ0) is 25.8. The van der Waals surface area contributed by atoms with Crippen molar-refractivity contribution in [3.8, 4) is 17.2 Å². The van der Waals surface area contributed by atoms with E-state index in [4.69, 9.17) is 9.47 Å². The van der Waals surface area contributed by atoms with Gasteiger partial charge in [-0.3, -0.25) is 14.6 Å². The third kappa shape index (κ3) is 5.86. The van der Waals surface area contributed by atoms with Crippen LogP contribution in [0.4, 0.5) is 17.1 Å². The van der Waals surface area contributed by atoms with Gasteiger partial charge in [0.2, 0.25) is 6.41 Å². The standard InChI is InChI=1S/C24H31N5O5S/c1-7-11-33-18-9-8-10-19(12-18)34-23-14-22(29(6)15-30)21(28(4)5)13-20(23)27-35(31,32)24-16(2)25-26-17(24)3/h8-10,12-15,27H,7,11H2,1-6H3,(H,25,26). The summed E-state index contributed by atoms with van der Waals surface area (Å²) in [6.45, 7) is 5.83. The molecule has 3 aromatic rings. The molecule has 0 saturated carbocycles. The summed E-state index contributed by atoms with van der Waals surface area (Å²) in [4.78, 5) is 14.8. The van der Waals surface area contributed by atoms with Gasteiger partial charge < -0.3 is 19.3 Å². The Morgan fingerprint density at radius 3 is 2.40 bits per heavy atom. The van der Waals surface area contributed by atoms with Crippen molar-refractivity contribution in [2.75, 3.05) is 42.3 Å². The lowest BCUT2D eigenvalue weighted by molar-refractivity contribution is -0.107. The molecule has 2 N–H and O–H groups in total. The molecule has 0 unspecified atom stereocenters. The molecular weight excluding hydrogens is 470 g/mol. The second kappa shape index (κ2) is 10.7. The highest BCUT2D eigenvalue weighted by molar-refractivity contribution is 7.92. The SMILES string of the molecule is CCCOc1cccc(Oc2cc(N(C)C=O)c(N(C)C)cc2NS(=O)(=O)c2c(C)n[nH]c2C)c1. The van der Waals surface area contributed by atoms with Crippen LogP contribution in [0.3, 0.4) is 0 Å². The number of amides is 1. The number of aryl methyl sites for hydroxylation is 2. The summed E-state index contributed by atoms with van der Waals surface area (Å²) in [7, 11) is 1.22. The molecule has 0 radical (unpaired) electrons. The van der Waals surface area contributed by atoms with Gasteiger partial charge in [0, 0.05) is 33.3 Å². The molecule has 1 aromatic heterocycles. The van der Waals surface area contributed by atoms with Crippen molar-refractivity contribution in [2.24, 2.45) is 0 Å². The molecule has 10 nitrogen and oxygen atoms in total. The van der Waals surface area contributed by atoms with Crippen LogP contribution in [-0.2, 0) is 14.8 Å². The molecule has 0 aliphatic rings. The number of nitrogens with zero attached hydrogens (tertiary/aromatic N) is 3. The van der Waals surface area contributed by atoms with Crippen LogP contribution >= 0.6 is 0 Å². The van der Waals surface area contributed by atoms with Crippen molar-refractivity contribution in [3.05, 3.63) is 47.8 Å². The number of ether oxygens (including phenoxy) is 2. The molecule has 3 rings (SSSR count). The molecule has 0 aliphatic carbocycles. The largest absolute Gasteiger partial charge is 0.493 e. The monoisotopic (exact) mass is 501 g/mol. The van der Waals surface area contributed by atoms with Crippen LogP contribution < -0.4 is 24.0 Å². The average Bonchev–Trinajstić information content (AvgIpc) is 3.16. The fourth-order valence-corrected chi connectivity index (χ4v) is 4.96. The van der Waals surface area contributed by atoms with E-state index in [1.807, 2.05) is 13.0 Å². The Morgan fingerprint density at radius 2 is 1.80 bits per heavy atom. The Hall–Kier alpha value is -3.73. The zero-order valence-electron chi connectivity index (χ0n) is 20.7. The maximum absolute atomic E-state index is 13.3. The van der Waals surface area contributed by atoms with Crippen LogP contribution in [0.5, 0.6) is 17.2 Å². The minimum absolute atomic E-state index is 0.0684. The van der Waals surface area contributed by atoms with Gasteiger partial charge >= 0.3 is 0 Å². The Bertz CT molecular complexity index is 1280. The minimum atomic E-state index is -4.00. The molecule has 0 fully saturated rings. The van der Waals surface area contributed by atoms with Gasteiger partial charge in [0.1, 0.15) is 16.4 Å². The van der Waals surface area contributed by atoms with Gasteiger partial charge in [-0.05, 0) is 38.5 Å². The number of anilines is 3. The van der Waals surface area contributed by atoms with Gasteiger partial charge in [-0.25, -0.2) is 8.42 Å². The Balaban J connectivity index is 2.12. The highest BCUT2D eigenvalue weighted by atomic mass is 32.2. The van der Waals surface area contributed by atoms with Crippen molar-refractivity contribution < 1.29 is 22.7 Å². The highest BCUT2D eigenvalue weighted by Crippen LogP contribution is 2.41. The van der Waals surface area contributed by atoms with E-state index in [0.717, 1.165) is 6.42 Å². The first-order valence-corrected chi connectivity index (χ1v) is 12.5. The third-order valence-electron chi connectivity index (χ3n) is 5.18. The summed E-state index contributed by atoms with van der Waals surface area (Å²) in [5.74, 6) is 1.30. The summed E-state index contributed by atoms with van der Waals surface area (Å²) in [5.41, 5.74) is 2.13. The van der Waals surface area contributed by atoms with Gasteiger partial charge in [-0.2, -0.15) is 5.10 Å². The van der Waals surface area contributed by atoms with Crippen molar-refractivity contribution in [1.29, 1.82) is 0 Å².